The zero-order chi connectivity index (χ0) is 15.1. The van der Waals surface area contributed by atoms with E-state index in [9.17, 15) is 8.42 Å². The first-order chi connectivity index (χ1) is 8.60. The summed E-state index contributed by atoms with van der Waals surface area (Å²) in [7, 11) is -3.09. The molecule has 0 aromatic heterocycles. The number of nitrogens with zero attached hydrogens (tertiary/aromatic N) is 1. The van der Waals surface area contributed by atoms with Gasteiger partial charge < -0.3 is 0 Å². The highest BCUT2D eigenvalue weighted by atomic mass is 32.2. The van der Waals surface area contributed by atoms with Gasteiger partial charge in [-0.3, -0.25) is 0 Å². The van der Waals surface area contributed by atoms with E-state index in [1.807, 2.05) is 13.8 Å². The fourth-order valence-corrected chi connectivity index (χ4v) is 3.81. The van der Waals surface area contributed by atoms with Crippen LogP contribution in [0, 0.1) is 5.41 Å². The van der Waals surface area contributed by atoms with E-state index in [0.29, 0.717) is 12.3 Å². The maximum atomic E-state index is 12.4. The first-order valence-electron chi connectivity index (χ1n) is 7.59. The predicted octanol–water partition coefficient (Wildman–Crippen LogP) is 4.04. The molecule has 0 aliphatic carbocycles. The molecular formula is C15H33NO2S. The van der Waals surface area contributed by atoms with Crippen molar-refractivity contribution in [3.8, 4) is 0 Å². The molecule has 19 heavy (non-hydrogen) atoms. The van der Waals surface area contributed by atoms with Crippen molar-refractivity contribution in [1.82, 2.24) is 4.31 Å². The standard InChI is InChI=1S/C15H33NO2S/c1-7-8-9-10-13-19(17,18)16(14(2)3)12-11-15(4,5)6/h14H,7-13H2,1-6H3. The van der Waals surface area contributed by atoms with E-state index in [4.69, 9.17) is 0 Å². The predicted molar refractivity (Wildman–Crippen MR) is 83.8 cm³/mol. The quantitative estimate of drug-likeness (QED) is 0.601. The fraction of sp³-hybridized carbons (Fsp3) is 1.00. The Labute approximate surface area is 120 Å². The summed E-state index contributed by atoms with van der Waals surface area (Å²) in [4.78, 5) is 0. The molecule has 0 aliphatic rings. The van der Waals surface area contributed by atoms with Gasteiger partial charge in [-0.2, -0.15) is 4.31 Å². The summed E-state index contributed by atoms with van der Waals surface area (Å²) in [5.74, 6) is 0.301. The van der Waals surface area contributed by atoms with Gasteiger partial charge in [0.25, 0.3) is 0 Å². The summed E-state index contributed by atoms with van der Waals surface area (Å²) in [6.45, 7) is 13.2. The maximum absolute atomic E-state index is 12.4. The van der Waals surface area contributed by atoms with Crippen molar-refractivity contribution >= 4 is 10.0 Å². The van der Waals surface area contributed by atoms with Gasteiger partial charge in [0.05, 0.1) is 5.75 Å². The number of hydrogen-bond acceptors (Lipinski definition) is 2. The highest BCUT2D eigenvalue weighted by molar-refractivity contribution is 7.89. The Morgan fingerprint density at radius 3 is 2.05 bits per heavy atom. The van der Waals surface area contributed by atoms with Gasteiger partial charge in [-0.25, -0.2) is 8.42 Å². The Morgan fingerprint density at radius 1 is 1.05 bits per heavy atom. The molecule has 0 atom stereocenters. The van der Waals surface area contributed by atoms with Gasteiger partial charge >= 0.3 is 0 Å². The van der Waals surface area contributed by atoms with Gasteiger partial charge in [0.1, 0.15) is 0 Å². The van der Waals surface area contributed by atoms with E-state index >= 15 is 0 Å². The average Bonchev–Trinajstić information content (AvgIpc) is 2.22. The molecule has 3 nitrogen and oxygen atoms in total. The molecule has 0 unspecified atom stereocenters. The van der Waals surface area contributed by atoms with E-state index in [2.05, 4.69) is 27.7 Å². The normalized spacial score (nSPS) is 13.5. The second kappa shape index (κ2) is 8.25. The van der Waals surface area contributed by atoms with Gasteiger partial charge in [0, 0.05) is 12.6 Å². The molecule has 0 aromatic rings. The summed E-state index contributed by atoms with van der Waals surface area (Å²) in [5.41, 5.74) is 0.171. The molecule has 4 heteroatoms. The molecule has 0 aromatic carbocycles. The summed E-state index contributed by atoms with van der Waals surface area (Å²) < 4.78 is 26.4. The average molecular weight is 292 g/mol. The lowest BCUT2D eigenvalue weighted by atomic mass is 9.92. The molecule has 116 valence electrons. The maximum Gasteiger partial charge on any atom is 0.214 e. The van der Waals surface area contributed by atoms with Gasteiger partial charge in [-0.1, -0.05) is 47.0 Å². The van der Waals surface area contributed by atoms with Crippen molar-refractivity contribution < 1.29 is 8.42 Å². The summed E-state index contributed by atoms with van der Waals surface area (Å²) >= 11 is 0. The minimum atomic E-state index is -3.09. The van der Waals surface area contributed by atoms with Crippen molar-refractivity contribution in [1.29, 1.82) is 0 Å². The Hall–Kier alpha value is -0.0900. The van der Waals surface area contributed by atoms with Gasteiger partial charge in [0.15, 0.2) is 0 Å². The number of unbranched alkanes of at least 4 members (excludes halogenated alkanes) is 3. The van der Waals surface area contributed by atoms with Crippen LogP contribution in [0.2, 0.25) is 0 Å². The molecule has 0 amide bonds. The van der Waals surface area contributed by atoms with E-state index in [-0.39, 0.29) is 11.5 Å². The molecule has 0 rings (SSSR count). The van der Waals surface area contributed by atoms with Crippen LogP contribution in [0.5, 0.6) is 0 Å². The molecular weight excluding hydrogens is 258 g/mol. The van der Waals surface area contributed by atoms with Crippen molar-refractivity contribution in [3.63, 3.8) is 0 Å². The molecule has 0 saturated carbocycles. The molecule has 0 N–H and O–H groups in total. The lowest BCUT2D eigenvalue weighted by Crippen LogP contribution is -2.40. The zero-order valence-corrected chi connectivity index (χ0v) is 14.5. The number of hydrogen-bond donors (Lipinski definition) is 0. The highest BCUT2D eigenvalue weighted by Crippen LogP contribution is 2.21. The summed E-state index contributed by atoms with van der Waals surface area (Å²) in [6, 6.07) is 0.0542. The smallest absolute Gasteiger partial charge is 0.212 e. The Balaban J connectivity index is 4.50. The molecule has 0 bridgehead atoms. The van der Waals surface area contributed by atoms with Gasteiger partial charge in [-0.15, -0.1) is 0 Å². The van der Waals surface area contributed by atoms with Crippen LogP contribution in [0.3, 0.4) is 0 Å². The lowest BCUT2D eigenvalue weighted by molar-refractivity contribution is 0.283. The second-order valence-corrected chi connectivity index (χ2v) is 8.93. The topological polar surface area (TPSA) is 37.4 Å². The zero-order valence-electron chi connectivity index (χ0n) is 13.7. The Morgan fingerprint density at radius 2 is 1.63 bits per heavy atom. The van der Waals surface area contributed by atoms with Gasteiger partial charge in [0.2, 0.25) is 10.0 Å². The first-order valence-corrected chi connectivity index (χ1v) is 9.20. The van der Waals surface area contributed by atoms with Gasteiger partial charge in [-0.05, 0) is 32.1 Å². The third-order valence-corrected chi connectivity index (χ3v) is 5.39. The first kappa shape index (κ1) is 18.9. The Kier molecular flexibility index (Phi) is 8.21. The molecule has 0 radical (unpaired) electrons. The molecule has 0 saturated heterocycles. The second-order valence-electron chi connectivity index (χ2n) is 6.89. The SMILES string of the molecule is CCCCCCS(=O)(=O)N(CCC(C)(C)C)C(C)C. The van der Waals surface area contributed by atoms with Crippen molar-refractivity contribution in [2.45, 2.75) is 79.7 Å². The third-order valence-electron chi connectivity index (χ3n) is 3.27. The van der Waals surface area contributed by atoms with E-state index in [0.717, 1.165) is 32.1 Å². The van der Waals surface area contributed by atoms with E-state index in [1.165, 1.54) is 0 Å². The van der Waals surface area contributed by atoms with Crippen LogP contribution in [0.1, 0.15) is 73.6 Å². The monoisotopic (exact) mass is 291 g/mol. The molecule has 0 spiro atoms. The van der Waals surface area contributed by atoms with Crippen LogP contribution in [-0.4, -0.2) is 31.1 Å². The fourth-order valence-electron chi connectivity index (χ4n) is 1.99. The van der Waals surface area contributed by atoms with Crippen molar-refractivity contribution in [2.24, 2.45) is 5.41 Å². The van der Waals surface area contributed by atoms with Crippen molar-refractivity contribution in [2.75, 3.05) is 12.3 Å². The van der Waals surface area contributed by atoms with Crippen molar-refractivity contribution in [3.05, 3.63) is 0 Å². The third kappa shape index (κ3) is 8.64. The molecule has 0 aliphatic heterocycles. The summed E-state index contributed by atoms with van der Waals surface area (Å²) in [6.07, 6.45) is 4.96. The van der Waals surface area contributed by atoms with Crippen LogP contribution >= 0.6 is 0 Å². The van der Waals surface area contributed by atoms with Crippen LogP contribution in [0.15, 0.2) is 0 Å². The van der Waals surface area contributed by atoms with E-state index < -0.39 is 10.0 Å². The van der Waals surface area contributed by atoms with Crippen LogP contribution in [-0.2, 0) is 10.0 Å². The lowest BCUT2D eigenvalue weighted by Gasteiger charge is -2.29. The van der Waals surface area contributed by atoms with Crippen LogP contribution < -0.4 is 0 Å². The molecule has 0 heterocycles. The largest absolute Gasteiger partial charge is 0.214 e. The number of sulfonamides is 1. The minimum Gasteiger partial charge on any atom is -0.212 e. The summed E-state index contributed by atoms with van der Waals surface area (Å²) in [5, 5.41) is 0. The molecule has 0 fully saturated rings. The number of rotatable bonds is 9. The Bertz CT molecular complexity index is 329. The minimum absolute atomic E-state index is 0.0542. The highest BCUT2D eigenvalue weighted by Gasteiger charge is 2.25. The van der Waals surface area contributed by atoms with Crippen LogP contribution in [0.25, 0.3) is 0 Å². The van der Waals surface area contributed by atoms with Crippen LogP contribution in [0.4, 0.5) is 0 Å². The van der Waals surface area contributed by atoms with E-state index in [1.54, 1.807) is 4.31 Å².